The first-order chi connectivity index (χ1) is 11.8. The minimum Gasteiger partial charge on any atom is -0.480 e. The molecule has 2 rings (SSSR count). The average molecular weight is 360 g/mol. The molecule has 0 saturated carbocycles. The predicted octanol–water partition coefficient (Wildman–Crippen LogP) is 3.74. The third kappa shape index (κ3) is 4.02. The van der Waals surface area contributed by atoms with Gasteiger partial charge in [-0.25, -0.2) is 0 Å². The van der Waals surface area contributed by atoms with E-state index in [2.05, 4.69) is 5.32 Å². The maximum atomic E-state index is 12.5. The van der Waals surface area contributed by atoms with Crippen LogP contribution in [0.4, 0.5) is 5.00 Å². The van der Waals surface area contributed by atoms with Crippen LogP contribution in [0, 0.1) is 20.8 Å². The lowest BCUT2D eigenvalue weighted by atomic mass is 10.1. The second-order valence-corrected chi connectivity index (χ2v) is 7.25. The quantitative estimate of drug-likeness (QED) is 0.823. The van der Waals surface area contributed by atoms with E-state index >= 15 is 0 Å². The second kappa shape index (κ2) is 7.70. The fourth-order valence-corrected chi connectivity index (χ4v) is 3.94. The Hall–Kier alpha value is -2.34. The highest BCUT2D eigenvalue weighted by molar-refractivity contribution is 7.16. The van der Waals surface area contributed by atoms with E-state index in [1.165, 1.54) is 11.3 Å². The van der Waals surface area contributed by atoms with Gasteiger partial charge in [-0.15, -0.1) is 11.3 Å². The first kappa shape index (κ1) is 19.0. The van der Waals surface area contributed by atoms with Crippen LogP contribution in [-0.4, -0.2) is 17.9 Å². The summed E-state index contributed by atoms with van der Waals surface area (Å²) in [5.41, 5.74) is 8.73. The molecule has 0 saturated heterocycles. The number of para-hydroxylation sites is 1. The molecule has 0 aliphatic rings. The summed E-state index contributed by atoms with van der Waals surface area (Å²) < 4.78 is 5.85. The lowest BCUT2D eigenvalue weighted by molar-refractivity contribution is -0.122. The Morgan fingerprint density at radius 2 is 1.84 bits per heavy atom. The molecule has 0 fully saturated rings. The van der Waals surface area contributed by atoms with Crippen molar-refractivity contribution in [2.24, 2.45) is 5.73 Å². The van der Waals surface area contributed by atoms with Crippen molar-refractivity contribution >= 4 is 28.2 Å². The molecule has 1 heterocycles. The SMILES string of the molecule is CCc1c(C)sc(NC(=O)C(C)Oc2c(C)cccc2C)c1C(N)=O. The van der Waals surface area contributed by atoms with Crippen LogP contribution in [0.15, 0.2) is 18.2 Å². The highest BCUT2D eigenvalue weighted by Crippen LogP contribution is 2.33. The highest BCUT2D eigenvalue weighted by Gasteiger charge is 2.23. The molecule has 3 N–H and O–H groups in total. The normalized spacial score (nSPS) is 11.9. The molecule has 25 heavy (non-hydrogen) atoms. The van der Waals surface area contributed by atoms with E-state index in [0.717, 1.165) is 21.6 Å². The zero-order valence-corrected chi connectivity index (χ0v) is 16.0. The van der Waals surface area contributed by atoms with Gasteiger partial charge < -0.3 is 15.8 Å². The van der Waals surface area contributed by atoms with Gasteiger partial charge in [-0.3, -0.25) is 9.59 Å². The molecule has 6 heteroatoms. The Labute approximate surface area is 152 Å². The maximum absolute atomic E-state index is 12.5. The number of nitrogens with one attached hydrogen (secondary N) is 1. The summed E-state index contributed by atoms with van der Waals surface area (Å²) >= 11 is 1.36. The molecule has 0 spiro atoms. The summed E-state index contributed by atoms with van der Waals surface area (Å²) in [4.78, 5) is 25.3. The summed E-state index contributed by atoms with van der Waals surface area (Å²) in [7, 11) is 0. The van der Waals surface area contributed by atoms with Gasteiger partial charge in [0.15, 0.2) is 6.10 Å². The third-order valence-electron chi connectivity index (χ3n) is 4.12. The number of rotatable bonds is 6. The number of primary amides is 1. The minimum atomic E-state index is -0.701. The molecule has 5 nitrogen and oxygen atoms in total. The van der Waals surface area contributed by atoms with Crippen molar-refractivity contribution in [2.75, 3.05) is 5.32 Å². The van der Waals surface area contributed by atoms with Gasteiger partial charge in [0.1, 0.15) is 10.8 Å². The number of nitrogens with two attached hydrogens (primary N) is 1. The van der Waals surface area contributed by atoms with E-state index in [1.807, 2.05) is 45.9 Å². The Kier molecular flexibility index (Phi) is 5.85. The fourth-order valence-electron chi connectivity index (χ4n) is 2.78. The summed E-state index contributed by atoms with van der Waals surface area (Å²) in [6.45, 7) is 9.44. The Morgan fingerprint density at radius 1 is 1.24 bits per heavy atom. The van der Waals surface area contributed by atoms with Crippen molar-refractivity contribution in [2.45, 2.75) is 47.1 Å². The molecule has 0 radical (unpaired) electrons. The van der Waals surface area contributed by atoms with Crippen LogP contribution < -0.4 is 15.8 Å². The number of benzene rings is 1. The lowest BCUT2D eigenvalue weighted by Crippen LogP contribution is -2.31. The van der Waals surface area contributed by atoms with Crippen molar-refractivity contribution < 1.29 is 14.3 Å². The van der Waals surface area contributed by atoms with Gasteiger partial charge in [-0.05, 0) is 50.8 Å². The number of carbonyl (C=O) groups is 2. The Bertz CT molecular complexity index is 791. The molecule has 1 aromatic heterocycles. The van der Waals surface area contributed by atoms with E-state index in [0.29, 0.717) is 22.7 Å². The van der Waals surface area contributed by atoms with Gasteiger partial charge >= 0.3 is 0 Å². The maximum Gasteiger partial charge on any atom is 0.265 e. The number of aryl methyl sites for hydroxylation is 3. The van der Waals surface area contributed by atoms with E-state index in [4.69, 9.17) is 10.5 Å². The topological polar surface area (TPSA) is 81.4 Å². The molecule has 1 unspecified atom stereocenters. The smallest absolute Gasteiger partial charge is 0.265 e. The number of amides is 2. The molecule has 2 aromatic rings. The van der Waals surface area contributed by atoms with Gasteiger partial charge in [-0.1, -0.05) is 25.1 Å². The summed E-state index contributed by atoms with van der Waals surface area (Å²) in [5, 5.41) is 3.29. The number of carbonyl (C=O) groups excluding carboxylic acids is 2. The van der Waals surface area contributed by atoms with Crippen LogP contribution in [0.2, 0.25) is 0 Å². The summed E-state index contributed by atoms with van der Waals surface area (Å²) in [5.74, 6) is -0.134. The zero-order valence-electron chi connectivity index (χ0n) is 15.2. The zero-order chi connectivity index (χ0) is 18.7. The summed E-state index contributed by atoms with van der Waals surface area (Å²) in [6, 6.07) is 5.82. The molecule has 0 bridgehead atoms. The van der Waals surface area contributed by atoms with Gasteiger partial charge in [-0.2, -0.15) is 0 Å². The van der Waals surface area contributed by atoms with Crippen LogP contribution >= 0.6 is 11.3 Å². The summed E-state index contributed by atoms with van der Waals surface area (Å²) in [6.07, 6.45) is -0.0155. The molecule has 0 aliphatic carbocycles. The average Bonchev–Trinajstić information content (AvgIpc) is 2.86. The number of ether oxygens (including phenoxy) is 1. The van der Waals surface area contributed by atoms with Crippen molar-refractivity contribution in [1.82, 2.24) is 0 Å². The van der Waals surface area contributed by atoms with E-state index in [9.17, 15) is 9.59 Å². The van der Waals surface area contributed by atoms with Gasteiger partial charge in [0.2, 0.25) is 0 Å². The van der Waals surface area contributed by atoms with Crippen LogP contribution in [-0.2, 0) is 11.2 Å². The predicted molar refractivity (Wildman–Crippen MR) is 102 cm³/mol. The van der Waals surface area contributed by atoms with Gasteiger partial charge in [0.05, 0.1) is 5.56 Å². The van der Waals surface area contributed by atoms with Crippen LogP contribution in [0.1, 0.15) is 45.8 Å². The molecule has 0 aliphatic heterocycles. The number of hydrogen-bond acceptors (Lipinski definition) is 4. The highest BCUT2D eigenvalue weighted by atomic mass is 32.1. The number of hydrogen-bond donors (Lipinski definition) is 2. The largest absolute Gasteiger partial charge is 0.480 e. The second-order valence-electron chi connectivity index (χ2n) is 6.03. The van der Waals surface area contributed by atoms with Crippen molar-refractivity contribution in [3.05, 3.63) is 45.3 Å². The monoisotopic (exact) mass is 360 g/mol. The Balaban J connectivity index is 2.21. The molecular formula is C19H24N2O3S. The van der Waals surface area contributed by atoms with Crippen LogP contribution in [0.3, 0.4) is 0 Å². The van der Waals surface area contributed by atoms with E-state index in [-0.39, 0.29) is 5.91 Å². The van der Waals surface area contributed by atoms with Gasteiger partial charge in [0.25, 0.3) is 11.8 Å². The van der Waals surface area contributed by atoms with Crippen molar-refractivity contribution in [3.63, 3.8) is 0 Å². The van der Waals surface area contributed by atoms with Gasteiger partial charge in [0, 0.05) is 4.88 Å². The Morgan fingerprint density at radius 3 is 2.36 bits per heavy atom. The minimum absolute atomic E-state index is 0.311. The molecule has 2 amide bonds. The standard InChI is InChI=1S/C19H24N2O3S/c1-6-14-13(5)25-19(15(14)17(20)22)21-18(23)12(4)24-16-10(2)8-7-9-11(16)3/h7-9,12H,6H2,1-5H3,(H2,20,22)(H,21,23). The number of anilines is 1. The van der Waals surface area contributed by atoms with Crippen molar-refractivity contribution in [3.8, 4) is 5.75 Å². The van der Waals surface area contributed by atoms with Crippen molar-refractivity contribution in [1.29, 1.82) is 0 Å². The molecule has 1 atom stereocenters. The molecule has 134 valence electrons. The van der Waals surface area contributed by atoms with Crippen LogP contribution in [0.25, 0.3) is 0 Å². The molecule has 1 aromatic carbocycles. The molecular weight excluding hydrogens is 336 g/mol. The number of thiophene rings is 1. The lowest BCUT2D eigenvalue weighted by Gasteiger charge is -2.18. The first-order valence-corrected chi connectivity index (χ1v) is 9.03. The third-order valence-corrected chi connectivity index (χ3v) is 5.18. The first-order valence-electron chi connectivity index (χ1n) is 8.22. The fraction of sp³-hybridized carbons (Fsp3) is 0.368. The van der Waals surface area contributed by atoms with E-state index < -0.39 is 12.0 Å². The van der Waals surface area contributed by atoms with E-state index in [1.54, 1.807) is 6.92 Å². The van der Waals surface area contributed by atoms with Crippen LogP contribution in [0.5, 0.6) is 5.75 Å².